The first-order valence-electron chi connectivity index (χ1n) is 6.44. The third-order valence-corrected chi connectivity index (χ3v) is 4.29. The summed E-state index contributed by atoms with van der Waals surface area (Å²) in [6.07, 6.45) is 4.07. The third kappa shape index (κ3) is 2.50. The molecule has 3 heterocycles. The molecule has 0 saturated carbocycles. The predicted molar refractivity (Wildman–Crippen MR) is 76.5 cm³/mol. The molecular formula is C14H14N4OS. The van der Waals surface area contributed by atoms with Gasteiger partial charge >= 0.3 is 0 Å². The van der Waals surface area contributed by atoms with Crippen molar-refractivity contribution in [3.8, 4) is 6.07 Å². The lowest BCUT2D eigenvalue weighted by molar-refractivity contribution is 0.0339. The second-order valence-electron chi connectivity index (χ2n) is 4.67. The Morgan fingerprint density at radius 1 is 1.55 bits per heavy atom. The standard InChI is InChI=1S/C14H14N4OS/c1-9(17-13-8-16-7-10(6-15)18-13)14-11-3-5-20-12(11)2-4-19-14/h3,5,7-9,14H,2,4H2,1H3,(H,17,18)/t9-,14+/m1/s1. The summed E-state index contributed by atoms with van der Waals surface area (Å²) < 4.78 is 5.88. The van der Waals surface area contributed by atoms with Crippen molar-refractivity contribution in [2.45, 2.75) is 25.5 Å². The second kappa shape index (κ2) is 5.57. The largest absolute Gasteiger partial charge is 0.371 e. The van der Waals surface area contributed by atoms with E-state index in [1.807, 2.05) is 6.07 Å². The van der Waals surface area contributed by atoms with Crippen LogP contribution in [-0.2, 0) is 11.2 Å². The van der Waals surface area contributed by atoms with Gasteiger partial charge in [-0.05, 0) is 23.9 Å². The number of rotatable bonds is 3. The topological polar surface area (TPSA) is 70.8 Å². The number of nitriles is 1. The molecule has 20 heavy (non-hydrogen) atoms. The molecule has 2 atom stereocenters. The maximum Gasteiger partial charge on any atom is 0.161 e. The fourth-order valence-electron chi connectivity index (χ4n) is 2.39. The summed E-state index contributed by atoms with van der Waals surface area (Å²) in [5.41, 5.74) is 1.56. The summed E-state index contributed by atoms with van der Waals surface area (Å²) >= 11 is 1.78. The van der Waals surface area contributed by atoms with Crippen LogP contribution in [0.3, 0.4) is 0 Å². The van der Waals surface area contributed by atoms with E-state index < -0.39 is 0 Å². The van der Waals surface area contributed by atoms with Gasteiger partial charge in [-0.15, -0.1) is 11.3 Å². The lowest BCUT2D eigenvalue weighted by Gasteiger charge is -2.29. The lowest BCUT2D eigenvalue weighted by Crippen LogP contribution is -2.30. The summed E-state index contributed by atoms with van der Waals surface area (Å²) in [5.74, 6) is 0.600. The van der Waals surface area contributed by atoms with Gasteiger partial charge in [0.1, 0.15) is 18.0 Å². The van der Waals surface area contributed by atoms with Gasteiger partial charge in [0.25, 0.3) is 0 Å². The van der Waals surface area contributed by atoms with E-state index in [-0.39, 0.29) is 12.1 Å². The highest BCUT2D eigenvalue weighted by Crippen LogP contribution is 2.33. The van der Waals surface area contributed by atoms with Crippen LogP contribution in [0.15, 0.2) is 23.8 Å². The average Bonchev–Trinajstić information content (AvgIpc) is 2.95. The Kier molecular flexibility index (Phi) is 3.63. The van der Waals surface area contributed by atoms with Crippen LogP contribution in [0.4, 0.5) is 5.82 Å². The normalized spacial score (nSPS) is 18.9. The first-order valence-corrected chi connectivity index (χ1v) is 7.32. The minimum absolute atomic E-state index is 0.0116. The summed E-state index contributed by atoms with van der Waals surface area (Å²) in [6.45, 7) is 2.80. The van der Waals surface area contributed by atoms with Crippen molar-refractivity contribution in [1.82, 2.24) is 9.97 Å². The van der Waals surface area contributed by atoms with Crippen LogP contribution in [0.25, 0.3) is 0 Å². The molecule has 3 rings (SSSR count). The van der Waals surface area contributed by atoms with Crippen molar-refractivity contribution in [2.75, 3.05) is 11.9 Å². The number of nitrogens with zero attached hydrogens (tertiary/aromatic N) is 3. The molecule has 0 bridgehead atoms. The molecule has 6 heteroatoms. The number of ether oxygens (including phenoxy) is 1. The van der Waals surface area contributed by atoms with E-state index in [1.165, 1.54) is 16.6 Å². The van der Waals surface area contributed by atoms with E-state index in [1.54, 1.807) is 17.5 Å². The number of hydrogen-bond acceptors (Lipinski definition) is 6. The summed E-state index contributed by atoms with van der Waals surface area (Å²) in [6, 6.07) is 4.17. The third-order valence-electron chi connectivity index (χ3n) is 3.29. The van der Waals surface area contributed by atoms with Crippen LogP contribution in [0, 0.1) is 11.3 Å². The van der Waals surface area contributed by atoms with Gasteiger partial charge < -0.3 is 10.1 Å². The molecule has 0 saturated heterocycles. The number of thiophene rings is 1. The fourth-order valence-corrected chi connectivity index (χ4v) is 3.29. The molecule has 0 aromatic carbocycles. The zero-order valence-electron chi connectivity index (χ0n) is 11.0. The molecule has 0 radical (unpaired) electrons. The zero-order valence-corrected chi connectivity index (χ0v) is 11.9. The molecule has 2 aromatic heterocycles. The van der Waals surface area contributed by atoms with Gasteiger partial charge in [-0.2, -0.15) is 5.26 Å². The highest BCUT2D eigenvalue weighted by atomic mass is 32.1. The molecule has 0 aliphatic carbocycles. The van der Waals surface area contributed by atoms with Gasteiger partial charge in [0.05, 0.1) is 25.0 Å². The van der Waals surface area contributed by atoms with Crippen molar-refractivity contribution in [1.29, 1.82) is 5.26 Å². The molecule has 1 aliphatic heterocycles. The van der Waals surface area contributed by atoms with Crippen molar-refractivity contribution >= 4 is 17.2 Å². The number of hydrogen-bond donors (Lipinski definition) is 1. The molecule has 1 aliphatic rings. The first kappa shape index (κ1) is 13.0. The van der Waals surface area contributed by atoms with E-state index in [0.29, 0.717) is 11.5 Å². The SMILES string of the molecule is C[C@@H](Nc1cncc(C#N)n1)[C@@H]1OCCc2sccc21. The Bertz CT molecular complexity index is 649. The number of anilines is 1. The van der Waals surface area contributed by atoms with Crippen molar-refractivity contribution < 1.29 is 4.74 Å². The minimum Gasteiger partial charge on any atom is -0.371 e. The van der Waals surface area contributed by atoms with E-state index in [9.17, 15) is 0 Å². The fraction of sp³-hybridized carbons (Fsp3) is 0.357. The second-order valence-corrected chi connectivity index (χ2v) is 5.68. The van der Waals surface area contributed by atoms with Crippen LogP contribution in [0.2, 0.25) is 0 Å². The summed E-state index contributed by atoms with van der Waals surface area (Å²) in [7, 11) is 0. The molecule has 5 nitrogen and oxygen atoms in total. The molecule has 2 aromatic rings. The van der Waals surface area contributed by atoms with E-state index in [0.717, 1.165) is 13.0 Å². The quantitative estimate of drug-likeness (QED) is 0.938. The number of aromatic nitrogens is 2. The van der Waals surface area contributed by atoms with Crippen LogP contribution >= 0.6 is 11.3 Å². The maximum atomic E-state index is 8.84. The highest BCUT2D eigenvalue weighted by molar-refractivity contribution is 7.10. The van der Waals surface area contributed by atoms with Gasteiger partial charge in [0, 0.05) is 11.3 Å². The monoisotopic (exact) mass is 286 g/mol. The van der Waals surface area contributed by atoms with Gasteiger partial charge in [-0.3, -0.25) is 4.98 Å². The lowest BCUT2D eigenvalue weighted by atomic mass is 10.0. The predicted octanol–water partition coefficient (Wildman–Crippen LogP) is 2.52. The Labute approximate surface area is 121 Å². The number of fused-ring (bicyclic) bond motifs is 1. The first-order chi connectivity index (χ1) is 9.78. The van der Waals surface area contributed by atoms with E-state index in [4.69, 9.17) is 10.00 Å². The van der Waals surface area contributed by atoms with Crippen LogP contribution in [0.1, 0.15) is 29.2 Å². The Balaban J connectivity index is 1.77. The van der Waals surface area contributed by atoms with Crippen LogP contribution in [0.5, 0.6) is 0 Å². The summed E-state index contributed by atoms with van der Waals surface area (Å²) in [4.78, 5) is 9.58. The Morgan fingerprint density at radius 3 is 3.30 bits per heavy atom. The molecule has 1 N–H and O–H groups in total. The van der Waals surface area contributed by atoms with Gasteiger partial charge in [0.15, 0.2) is 5.69 Å². The smallest absolute Gasteiger partial charge is 0.161 e. The Hall–Kier alpha value is -1.97. The van der Waals surface area contributed by atoms with E-state index in [2.05, 4.69) is 33.7 Å². The highest BCUT2D eigenvalue weighted by Gasteiger charge is 2.27. The average molecular weight is 286 g/mol. The van der Waals surface area contributed by atoms with Gasteiger partial charge in [-0.25, -0.2) is 4.98 Å². The Morgan fingerprint density at radius 2 is 2.45 bits per heavy atom. The molecule has 0 unspecified atom stereocenters. The van der Waals surface area contributed by atoms with Crippen LogP contribution < -0.4 is 5.32 Å². The van der Waals surface area contributed by atoms with Crippen molar-refractivity contribution in [3.63, 3.8) is 0 Å². The van der Waals surface area contributed by atoms with Crippen molar-refractivity contribution in [3.05, 3.63) is 40.0 Å². The molecule has 102 valence electrons. The van der Waals surface area contributed by atoms with Crippen molar-refractivity contribution in [2.24, 2.45) is 0 Å². The molecule has 0 amide bonds. The van der Waals surface area contributed by atoms with E-state index >= 15 is 0 Å². The zero-order chi connectivity index (χ0) is 13.9. The maximum absolute atomic E-state index is 8.84. The van der Waals surface area contributed by atoms with Gasteiger partial charge in [0.2, 0.25) is 0 Å². The minimum atomic E-state index is 0.0116. The van der Waals surface area contributed by atoms with Gasteiger partial charge in [-0.1, -0.05) is 0 Å². The number of nitrogens with one attached hydrogen (secondary N) is 1. The molecule has 0 fully saturated rings. The molecular weight excluding hydrogens is 272 g/mol. The molecule has 0 spiro atoms. The summed E-state index contributed by atoms with van der Waals surface area (Å²) in [5, 5.41) is 14.2. The van der Waals surface area contributed by atoms with Crippen LogP contribution in [-0.4, -0.2) is 22.6 Å².